The summed E-state index contributed by atoms with van der Waals surface area (Å²) in [7, 11) is 3.70. The van der Waals surface area contributed by atoms with Gasteiger partial charge in [0.15, 0.2) is 0 Å². The second-order valence-electron chi connectivity index (χ2n) is 7.86. The highest BCUT2D eigenvalue weighted by Gasteiger charge is 2.13. The molecule has 2 amide bonds. The average Bonchev–Trinajstić information content (AvgIpc) is 2.70. The smallest absolute Gasteiger partial charge is 0.255 e. The minimum absolute atomic E-state index is 0.0660. The summed E-state index contributed by atoms with van der Waals surface area (Å²) in [5.74, 6) is -0.206. The second-order valence-corrected chi connectivity index (χ2v) is 7.86. The Balaban J connectivity index is 1.61. The Labute approximate surface area is 172 Å². The lowest BCUT2D eigenvalue weighted by Gasteiger charge is -2.28. The zero-order valence-corrected chi connectivity index (χ0v) is 17.5. The molecule has 0 radical (unpaired) electrons. The molecule has 0 aliphatic carbocycles. The molecule has 1 aliphatic heterocycles. The van der Waals surface area contributed by atoms with Crippen molar-refractivity contribution in [3.63, 3.8) is 0 Å². The Morgan fingerprint density at radius 1 is 0.966 bits per heavy atom. The molecule has 0 saturated carbocycles. The van der Waals surface area contributed by atoms with E-state index < -0.39 is 0 Å². The maximum Gasteiger partial charge on any atom is 0.255 e. The first-order valence-corrected chi connectivity index (χ1v) is 10.1. The fraction of sp³-hybridized carbons (Fsp3) is 0.391. The van der Waals surface area contributed by atoms with Crippen LogP contribution in [0, 0.1) is 6.92 Å². The molecule has 29 heavy (non-hydrogen) atoms. The van der Waals surface area contributed by atoms with Crippen molar-refractivity contribution in [2.24, 2.45) is 0 Å². The Hall–Kier alpha value is -2.86. The van der Waals surface area contributed by atoms with E-state index in [4.69, 9.17) is 0 Å². The zero-order valence-electron chi connectivity index (χ0n) is 17.5. The number of aryl methyl sites for hydroxylation is 1. The first-order valence-electron chi connectivity index (χ1n) is 10.1. The number of nitrogens with one attached hydrogen (secondary N) is 2. The van der Waals surface area contributed by atoms with Gasteiger partial charge in [-0.25, -0.2) is 0 Å². The fourth-order valence-electron chi connectivity index (χ4n) is 3.54. The lowest BCUT2D eigenvalue weighted by Crippen LogP contribution is -2.29. The highest BCUT2D eigenvalue weighted by atomic mass is 16.2. The van der Waals surface area contributed by atoms with Gasteiger partial charge in [-0.1, -0.05) is 0 Å². The van der Waals surface area contributed by atoms with Crippen molar-refractivity contribution in [1.82, 2.24) is 4.90 Å². The largest absolute Gasteiger partial charge is 0.372 e. The molecule has 2 aromatic rings. The number of carbonyl (C=O) groups is 2. The van der Waals surface area contributed by atoms with E-state index in [1.807, 2.05) is 62.3 Å². The van der Waals surface area contributed by atoms with Crippen molar-refractivity contribution in [2.45, 2.75) is 26.2 Å². The van der Waals surface area contributed by atoms with E-state index in [9.17, 15) is 9.59 Å². The van der Waals surface area contributed by atoms with Gasteiger partial charge in [-0.05, 0) is 88.3 Å². The van der Waals surface area contributed by atoms with Crippen LogP contribution < -0.4 is 15.5 Å². The van der Waals surface area contributed by atoms with E-state index in [0.29, 0.717) is 17.8 Å². The summed E-state index contributed by atoms with van der Waals surface area (Å²) in [6, 6.07) is 13.3. The Morgan fingerprint density at radius 3 is 2.28 bits per heavy atom. The first-order chi connectivity index (χ1) is 13.9. The van der Waals surface area contributed by atoms with Crippen LogP contribution in [-0.4, -0.2) is 50.4 Å². The first kappa shape index (κ1) is 20.9. The number of likely N-dealkylation sites (N-methyl/N-ethyl adjacent to an activating group) is 1. The number of hydrogen-bond acceptors (Lipinski definition) is 4. The predicted molar refractivity (Wildman–Crippen MR) is 119 cm³/mol. The summed E-state index contributed by atoms with van der Waals surface area (Å²) >= 11 is 0. The number of anilines is 3. The number of carbonyl (C=O) groups excluding carboxylic acids is 2. The zero-order chi connectivity index (χ0) is 20.8. The number of amides is 2. The van der Waals surface area contributed by atoms with Crippen molar-refractivity contribution in [2.75, 3.05) is 49.3 Å². The van der Waals surface area contributed by atoms with E-state index >= 15 is 0 Å². The summed E-state index contributed by atoms with van der Waals surface area (Å²) in [4.78, 5) is 28.7. The maximum atomic E-state index is 12.6. The topological polar surface area (TPSA) is 64.7 Å². The molecule has 154 valence electrons. The Morgan fingerprint density at radius 2 is 1.66 bits per heavy atom. The van der Waals surface area contributed by atoms with Gasteiger partial charge in [-0.3, -0.25) is 9.59 Å². The van der Waals surface area contributed by atoms with Gasteiger partial charge in [0.1, 0.15) is 0 Å². The van der Waals surface area contributed by atoms with E-state index in [-0.39, 0.29) is 11.8 Å². The third-order valence-electron chi connectivity index (χ3n) is 5.07. The van der Waals surface area contributed by atoms with Crippen molar-refractivity contribution in [3.8, 4) is 0 Å². The number of piperidine rings is 1. The van der Waals surface area contributed by atoms with Gasteiger partial charge < -0.3 is 20.4 Å². The molecule has 1 fully saturated rings. The van der Waals surface area contributed by atoms with E-state index in [1.165, 1.54) is 24.9 Å². The molecule has 0 aromatic heterocycles. The molecule has 6 nitrogen and oxygen atoms in total. The average molecular weight is 395 g/mol. The number of hydrogen-bond donors (Lipinski definition) is 2. The van der Waals surface area contributed by atoms with Crippen LogP contribution in [0.15, 0.2) is 42.5 Å². The van der Waals surface area contributed by atoms with Gasteiger partial charge in [0.25, 0.3) is 5.91 Å². The second kappa shape index (κ2) is 9.56. The van der Waals surface area contributed by atoms with Crippen LogP contribution in [0.25, 0.3) is 0 Å². The van der Waals surface area contributed by atoms with E-state index in [1.54, 1.807) is 6.07 Å². The highest BCUT2D eigenvalue weighted by Crippen LogP contribution is 2.22. The monoisotopic (exact) mass is 394 g/mol. The molecule has 0 spiro atoms. The summed E-state index contributed by atoms with van der Waals surface area (Å²) in [5, 5.41) is 5.83. The minimum atomic E-state index is -0.140. The molecule has 0 unspecified atom stereocenters. The predicted octanol–water partition coefficient (Wildman–Crippen LogP) is 3.74. The van der Waals surface area contributed by atoms with Gasteiger partial charge in [-0.2, -0.15) is 0 Å². The van der Waals surface area contributed by atoms with Crippen LogP contribution >= 0.6 is 0 Å². The van der Waals surface area contributed by atoms with Crippen molar-refractivity contribution in [3.05, 3.63) is 53.6 Å². The molecule has 6 heteroatoms. The number of nitrogens with zero attached hydrogens (tertiary/aromatic N) is 2. The van der Waals surface area contributed by atoms with Crippen molar-refractivity contribution >= 4 is 28.9 Å². The lowest BCUT2D eigenvalue weighted by atomic mass is 10.1. The fourth-order valence-corrected chi connectivity index (χ4v) is 3.54. The van der Waals surface area contributed by atoms with Gasteiger partial charge in [-0.15, -0.1) is 0 Å². The Kier molecular flexibility index (Phi) is 6.88. The van der Waals surface area contributed by atoms with E-state index in [0.717, 1.165) is 24.3 Å². The van der Waals surface area contributed by atoms with Gasteiger partial charge in [0.05, 0.1) is 6.54 Å². The van der Waals surface area contributed by atoms with Crippen LogP contribution in [0.5, 0.6) is 0 Å². The van der Waals surface area contributed by atoms with Gasteiger partial charge >= 0.3 is 0 Å². The molecule has 2 N–H and O–H groups in total. The quantitative estimate of drug-likeness (QED) is 0.783. The molecule has 0 atom stereocenters. The van der Waals surface area contributed by atoms with Crippen LogP contribution in [0.2, 0.25) is 0 Å². The summed E-state index contributed by atoms with van der Waals surface area (Å²) in [6.07, 6.45) is 3.76. The molecular formula is C23H30N4O2. The number of rotatable bonds is 6. The molecule has 1 heterocycles. The lowest BCUT2D eigenvalue weighted by molar-refractivity contribution is -0.116. The van der Waals surface area contributed by atoms with Crippen LogP contribution in [-0.2, 0) is 4.79 Å². The highest BCUT2D eigenvalue weighted by molar-refractivity contribution is 6.04. The van der Waals surface area contributed by atoms with Crippen LogP contribution in [0.3, 0.4) is 0 Å². The molecule has 2 aromatic carbocycles. The SMILES string of the molecule is Cc1cc(NC(=O)c2ccc(N3CCCCC3)cc2)ccc1NC(=O)CN(C)C. The molecule has 0 bridgehead atoms. The normalized spacial score (nSPS) is 14.0. The van der Waals surface area contributed by atoms with Crippen molar-refractivity contribution < 1.29 is 9.59 Å². The standard InChI is InChI=1S/C23H30N4O2/c1-17-15-19(9-12-21(17)25-22(28)16-26(2)3)24-23(29)18-7-10-20(11-8-18)27-13-5-4-6-14-27/h7-12,15H,4-6,13-14,16H2,1-3H3,(H,24,29)(H,25,28). The summed E-state index contributed by atoms with van der Waals surface area (Å²) in [5.41, 5.74) is 4.16. The van der Waals surface area contributed by atoms with E-state index in [2.05, 4.69) is 15.5 Å². The molecule has 1 saturated heterocycles. The summed E-state index contributed by atoms with van der Waals surface area (Å²) < 4.78 is 0. The van der Waals surface area contributed by atoms with Crippen LogP contribution in [0.4, 0.5) is 17.1 Å². The minimum Gasteiger partial charge on any atom is -0.372 e. The summed E-state index contributed by atoms with van der Waals surface area (Å²) in [6.45, 7) is 4.41. The maximum absolute atomic E-state index is 12.6. The Bertz CT molecular complexity index is 856. The van der Waals surface area contributed by atoms with Crippen molar-refractivity contribution in [1.29, 1.82) is 0 Å². The third-order valence-corrected chi connectivity index (χ3v) is 5.07. The molecule has 1 aliphatic rings. The number of benzene rings is 2. The third kappa shape index (κ3) is 5.81. The van der Waals surface area contributed by atoms with Crippen LogP contribution in [0.1, 0.15) is 35.2 Å². The molecular weight excluding hydrogens is 364 g/mol. The van der Waals surface area contributed by atoms with Gasteiger partial charge in [0, 0.05) is 35.7 Å². The molecule has 3 rings (SSSR count). The van der Waals surface area contributed by atoms with Gasteiger partial charge in [0.2, 0.25) is 5.91 Å².